The van der Waals surface area contributed by atoms with Gasteiger partial charge in [0.15, 0.2) is 0 Å². The molecule has 1 N–H and O–H groups in total. The van der Waals surface area contributed by atoms with Crippen molar-refractivity contribution in [3.63, 3.8) is 0 Å². The number of esters is 1. The van der Waals surface area contributed by atoms with Gasteiger partial charge in [0.25, 0.3) is 5.91 Å². The smallest absolute Gasteiger partial charge is 0.329 e. The maximum Gasteiger partial charge on any atom is 0.329 e. The summed E-state index contributed by atoms with van der Waals surface area (Å²) in [5.41, 5.74) is 0.657. The van der Waals surface area contributed by atoms with Gasteiger partial charge in [-0.2, -0.15) is 0 Å². The Balaban J connectivity index is 2.24. The number of nitrogens with zero attached hydrogens (tertiary/aromatic N) is 1. The Morgan fingerprint density at radius 2 is 2.10 bits per heavy atom. The first kappa shape index (κ1) is 14.1. The predicted octanol–water partition coefficient (Wildman–Crippen LogP) is 1.41. The third kappa shape index (κ3) is 2.80. The van der Waals surface area contributed by atoms with Gasteiger partial charge in [0.05, 0.1) is 7.11 Å². The fourth-order valence-corrected chi connectivity index (χ4v) is 1.85. The monoisotopic (exact) mass is 294 g/mol. The van der Waals surface area contributed by atoms with Gasteiger partial charge in [0.1, 0.15) is 12.2 Å². The number of halogens is 1. The van der Waals surface area contributed by atoms with Gasteiger partial charge in [-0.1, -0.05) is 29.8 Å². The van der Waals surface area contributed by atoms with Crippen LogP contribution in [0.1, 0.15) is 5.56 Å². The number of carbonyl (C=O) groups excluding carboxylic acids is 3. The summed E-state index contributed by atoms with van der Waals surface area (Å²) in [6.07, 6.45) is 1.46. The first-order valence-corrected chi connectivity index (χ1v) is 6.06. The van der Waals surface area contributed by atoms with Gasteiger partial charge in [0, 0.05) is 5.02 Å². The standard InChI is InChI=1S/C13H11ClN2O4/c1-20-11(17)7-16-12(18)10(15-13(16)19)6-8-4-2-3-5-9(8)14/h2-6H,7H2,1H3,(H,15,19). The van der Waals surface area contributed by atoms with Gasteiger partial charge in [-0.05, 0) is 17.7 Å². The number of rotatable bonds is 3. The van der Waals surface area contributed by atoms with Crippen LogP contribution in [0.15, 0.2) is 30.0 Å². The van der Waals surface area contributed by atoms with Crippen molar-refractivity contribution in [2.24, 2.45) is 0 Å². The van der Waals surface area contributed by atoms with Gasteiger partial charge in [-0.3, -0.25) is 9.59 Å². The van der Waals surface area contributed by atoms with Crippen LogP contribution in [0.3, 0.4) is 0 Å². The molecule has 1 aromatic carbocycles. The fourth-order valence-electron chi connectivity index (χ4n) is 1.66. The Morgan fingerprint density at radius 1 is 1.40 bits per heavy atom. The van der Waals surface area contributed by atoms with Crippen molar-refractivity contribution in [3.8, 4) is 0 Å². The number of amides is 3. The molecule has 1 saturated heterocycles. The average Bonchev–Trinajstić information content (AvgIpc) is 2.69. The van der Waals surface area contributed by atoms with Crippen molar-refractivity contribution in [3.05, 3.63) is 40.5 Å². The SMILES string of the molecule is COC(=O)CN1C(=O)NC(=Cc2ccccc2Cl)C1=O. The number of urea groups is 1. The number of methoxy groups -OCH3 is 1. The Bertz CT molecular complexity index is 612. The van der Waals surface area contributed by atoms with E-state index in [0.717, 1.165) is 4.90 Å². The Hall–Kier alpha value is -2.34. The molecule has 0 unspecified atom stereocenters. The number of carbonyl (C=O) groups is 3. The quantitative estimate of drug-likeness (QED) is 0.519. The van der Waals surface area contributed by atoms with Gasteiger partial charge >= 0.3 is 12.0 Å². The highest BCUT2D eigenvalue weighted by Crippen LogP contribution is 2.20. The third-order valence-electron chi connectivity index (χ3n) is 2.68. The number of hydrogen-bond donors (Lipinski definition) is 1. The number of ether oxygens (including phenoxy) is 1. The minimum absolute atomic E-state index is 0.0620. The lowest BCUT2D eigenvalue weighted by Gasteiger charge is -2.09. The maximum atomic E-state index is 12.0. The second-order valence-electron chi connectivity index (χ2n) is 3.98. The molecule has 0 spiro atoms. The zero-order chi connectivity index (χ0) is 14.7. The van der Waals surface area contributed by atoms with E-state index in [-0.39, 0.29) is 5.70 Å². The van der Waals surface area contributed by atoms with E-state index in [0.29, 0.717) is 10.6 Å². The zero-order valence-corrected chi connectivity index (χ0v) is 11.3. The molecule has 0 atom stereocenters. The predicted molar refractivity (Wildman–Crippen MR) is 71.7 cm³/mol. The lowest BCUT2D eigenvalue weighted by atomic mass is 10.2. The largest absolute Gasteiger partial charge is 0.468 e. The van der Waals surface area contributed by atoms with Gasteiger partial charge in [-0.25, -0.2) is 9.69 Å². The molecule has 0 aliphatic carbocycles. The molecule has 1 heterocycles. The minimum atomic E-state index is -0.674. The number of nitrogens with one attached hydrogen (secondary N) is 1. The molecule has 0 radical (unpaired) electrons. The molecule has 2 rings (SSSR count). The van der Waals surface area contributed by atoms with E-state index in [1.54, 1.807) is 24.3 Å². The highest BCUT2D eigenvalue weighted by molar-refractivity contribution is 6.32. The zero-order valence-electron chi connectivity index (χ0n) is 10.6. The first-order chi connectivity index (χ1) is 9.52. The van der Waals surface area contributed by atoms with Gasteiger partial charge in [-0.15, -0.1) is 0 Å². The second-order valence-corrected chi connectivity index (χ2v) is 4.38. The molecular weight excluding hydrogens is 284 g/mol. The average molecular weight is 295 g/mol. The highest BCUT2D eigenvalue weighted by atomic mass is 35.5. The lowest BCUT2D eigenvalue weighted by Crippen LogP contribution is -2.36. The Kier molecular flexibility index (Phi) is 4.05. The first-order valence-electron chi connectivity index (χ1n) is 5.69. The van der Waals surface area contributed by atoms with E-state index in [1.807, 2.05) is 0 Å². The molecule has 1 fully saturated rings. The van der Waals surface area contributed by atoms with E-state index in [2.05, 4.69) is 10.1 Å². The van der Waals surface area contributed by atoms with E-state index in [1.165, 1.54) is 13.2 Å². The summed E-state index contributed by atoms with van der Waals surface area (Å²) in [6, 6.07) is 6.21. The number of benzene rings is 1. The summed E-state index contributed by atoms with van der Waals surface area (Å²) in [7, 11) is 1.18. The highest BCUT2D eigenvalue weighted by Gasteiger charge is 2.35. The van der Waals surface area contributed by atoms with Crippen LogP contribution in [0, 0.1) is 0 Å². The normalized spacial score (nSPS) is 16.5. The summed E-state index contributed by atoms with van der Waals surface area (Å²) < 4.78 is 4.43. The van der Waals surface area contributed by atoms with E-state index < -0.39 is 24.5 Å². The van der Waals surface area contributed by atoms with Crippen molar-refractivity contribution in [2.45, 2.75) is 0 Å². The van der Waals surface area contributed by atoms with Gasteiger partial charge in [0.2, 0.25) is 0 Å². The number of imide groups is 1. The van der Waals surface area contributed by atoms with Crippen molar-refractivity contribution in [1.82, 2.24) is 10.2 Å². The third-order valence-corrected chi connectivity index (χ3v) is 3.03. The van der Waals surface area contributed by atoms with Crippen LogP contribution in [0.2, 0.25) is 5.02 Å². The van der Waals surface area contributed by atoms with Crippen LogP contribution in [-0.4, -0.2) is 36.5 Å². The summed E-state index contributed by atoms with van der Waals surface area (Å²) in [6.45, 7) is -0.430. The Labute approximate surface area is 120 Å². The molecule has 0 bridgehead atoms. The molecule has 104 valence electrons. The van der Waals surface area contributed by atoms with E-state index in [4.69, 9.17) is 11.6 Å². The second kappa shape index (κ2) is 5.75. The molecular formula is C13H11ClN2O4. The molecule has 20 heavy (non-hydrogen) atoms. The molecule has 1 aliphatic heterocycles. The molecule has 6 nitrogen and oxygen atoms in total. The van der Waals surface area contributed by atoms with Crippen LogP contribution < -0.4 is 5.32 Å². The van der Waals surface area contributed by atoms with Crippen molar-refractivity contribution in [2.75, 3.05) is 13.7 Å². The topological polar surface area (TPSA) is 75.7 Å². The van der Waals surface area contributed by atoms with E-state index in [9.17, 15) is 14.4 Å². The van der Waals surface area contributed by atoms with Crippen LogP contribution in [0.4, 0.5) is 4.79 Å². The van der Waals surface area contributed by atoms with Crippen LogP contribution in [-0.2, 0) is 14.3 Å². The molecule has 7 heteroatoms. The maximum absolute atomic E-state index is 12.0. The Morgan fingerprint density at radius 3 is 2.75 bits per heavy atom. The summed E-state index contributed by atoms with van der Waals surface area (Å²) in [4.78, 5) is 35.6. The summed E-state index contributed by atoms with van der Waals surface area (Å²) >= 11 is 5.97. The minimum Gasteiger partial charge on any atom is -0.468 e. The van der Waals surface area contributed by atoms with Crippen molar-refractivity contribution < 1.29 is 19.1 Å². The van der Waals surface area contributed by atoms with Crippen LogP contribution in [0.5, 0.6) is 0 Å². The fraction of sp³-hybridized carbons (Fsp3) is 0.154. The van der Waals surface area contributed by atoms with Crippen LogP contribution in [0.25, 0.3) is 6.08 Å². The van der Waals surface area contributed by atoms with Crippen LogP contribution >= 0.6 is 11.6 Å². The van der Waals surface area contributed by atoms with E-state index >= 15 is 0 Å². The lowest BCUT2D eigenvalue weighted by molar-refractivity contribution is -0.143. The molecule has 1 aliphatic rings. The molecule has 0 saturated carbocycles. The molecule has 0 aromatic heterocycles. The van der Waals surface area contributed by atoms with Crippen molar-refractivity contribution in [1.29, 1.82) is 0 Å². The molecule has 3 amide bonds. The summed E-state index contributed by atoms with van der Waals surface area (Å²) in [5.74, 6) is -1.27. The number of hydrogen-bond acceptors (Lipinski definition) is 4. The van der Waals surface area contributed by atoms with Gasteiger partial charge < -0.3 is 10.1 Å². The van der Waals surface area contributed by atoms with Crippen molar-refractivity contribution >= 4 is 35.6 Å². The molecule has 1 aromatic rings. The summed E-state index contributed by atoms with van der Waals surface area (Å²) in [5, 5.41) is 2.84.